The monoisotopic (exact) mass is 237 g/mol. The maximum atomic E-state index is 10.7. The first-order valence-electron chi connectivity index (χ1n) is 5.54. The maximum absolute atomic E-state index is 10.7. The summed E-state index contributed by atoms with van der Waals surface area (Å²) in [5.74, 6) is -0.278. The fourth-order valence-corrected chi connectivity index (χ4v) is 1.97. The zero-order valence-electron chi connectivity index (χ0n) is 11.1. The van der Waals surface area contributed by atoms with Gasteiger partial charge in [0.05, 0.1) is 6.20 Å². The van der Waals surface area contributed by atoms with E-state index < -0.39 is 5.97 Å². The first kappa shape index (κ1) is 12.9. The second kappa shape index (κ2) is 5.01. The molecule has 0 atom stereocenters. The third-order valence-electron chi connectivity index (χ3n) is 2.93. The predicted molar refractivity (Wildman–Crippen MR) is 62.0 cm³/mol. The van der Waals surface area contributed by atoms with Crippen LogP contribution in [0.25, 0.3) is 11.3 Å². The minimum atomic E-state index is -1.14. The molecule has 88 valence electrons. The van der Waals surface area contributed by atoms with Gasteiger partial charge in [0.15, 0.2) is 5.76 Å². The molecule has 18 heavy (non-hydrogen) atoms. The molecule has 0 amide bonds. The number of carbonyl (C=O) groups is 1. The number of hydrogen-bond donors (Lipinski definition) is 1. The van der Waals surface area contributed by atoms with Gasteiger partial charge in [-0.2, -0.15) is 0 Å². The fourth-order valence-electron chi connectivity index (χ4n) is 1.97. The average Bonchev–Trinajstić information content (AvgIpc) is 3.06. The second-order valence-electron chi connectivity index (χ2n) is 4.20. The molecule has 0 aliphatic heterocycles. The van der Waals surface area contributed by atoms with E-state index in [0.29, 0.717) is 11.7 Å². The Hall–Kier alpha value is -1.50. The van der Waals surface area contributed by atoms with Crippen molar-refractivity contribution >= 4 is 5.97 Å². The molecule has 0 radical (unpaired) electrons. The molecule has 0 spiro atoms. The summed E-state index contributed by atoms with van der Waals surface area (Å²) in [6.07, 6.45) is 3.86. The molecular formula is C13H12LiNO3. The largest absolute Gasteiger partial charge is 1.00 e. The molecule has 0 bridgehead atoms. The molecule has 3 rings (SSSR count). The van der Waals surface area contributed by atoms with Crippen molar-refractivity contribution in [1.82, 2.24) is 4.98 Å². The van der Waals surface area contributed by atoms with Crippen LogP contribution < -0.4 is 18.9 Å². The van der Waals surface area contributed by atoms with Crippen molar-refractivity contribution in [1.29, 1.82) is 0 Å². The van der Waals surface area contributed by atoms with E-state index in [1.807, 2.05) is 18.2 Å². The third-order valence-corrected chi connectivity index (χ3v) is 2.93. The van der Waals surface area contributed by atoms with Gasteiger partial charge in [-0.15, -0.1) is 0 Å². The van der Waals surface area contributed by atoms with Gasteiger partial charge in [0.25, 0.3) is 0 Å². The van der Waals surface area contributed by atoms with E-state index in [2.05, 4.69) is 11.1 Å². The van der Waals surface area contributed by atoms with Gasteiger partial charge in [-0.05, 0) is 24.3 Å². The number of hydrogen-bond acceptors (Lipinski definition) is 3. The first-order chi connectivity index (χ1) is 8.25. The summed E-state index contributed by atoms with van der Waals surface area (Å²) in [6, 6.07) is 7.92. The molecule has 1 aliphatic rings. The Balaban J connectivity index is 0.000000902. The molecule has 1 saturated carbocycles. The molecule has 2 aromatic rings. The Morgan fingerprint density at radius 2 is 2.11 bits per heavy atom. The molecule has 0 saturated heterocycles. The summed E-state index contributed by atoms with van der Waals surface area (Å²) in [6.45, 7) is 0. The van der Waals surface area contributed by atoms with Crippen LogP contribution in [0.3, 0.4) is 0 Å². The van der Waals surface area contributed by atoms with Crippen molar-refractivity contribution in [2.24, 2.45) is 0 Å². The van der Waals surface area contributed by atoms with Crippen LogP contribution in [0.2, 0.25) is 0 Å². The van der Waals surface area contributed by atoms with Gasteiger partial charge >= 0.3 is 30.7 Å². The number of carboxylic acid groups (broad SMARTS) is 1. The maximum Gasteiger partial charge on any atom is 1.00 e. The summed E-state index contributed by atoms with van der Waals surface area (Å²) in [4.78, 5) is 14.5. The molecule has 1 N–H and O–H groups in total. The topological polar surface area (TPSA) is 63.3 Å². The van der Waals surface area contributed by atoms with E-state index in [-0.39, 0.29) is 26.2 Å². The molecule has 1 aliphatic carbocycles. The number of oxazole rings is 1. The number of benzene rings is 1. The minimum absolute atomic E-state index is 0. The fraction of sp³-hybridized carbons (Fsp3) is 0.231. The average molecular weight is 237 g/mol. The standard InChI is InChI=1S/C13H11NO3.Li.H/c15-13(16)12-14-7-11(17-12)10-4-2-1-3-9(10)8-5-6-8;;/h1-4,7-8H,5-6H2,(H,15,16);;/q;+1;-1. The molecule has 1 fully saturated rings. The van der Waals surface area contributed by atoms with E-state index in [9.17, 15) is 4.79 Å². The summed E-state index contributed by atoms with van der Waals surface area (Å²) in [5.41, 5.74) is 2.18. The van der Waals surface area contributed by atoms with Gasteiger partial charge in [0.2, 0.25) is 0 Å². The van der Waals surface area contributed by atoms with E-state index >= 15 is 0 Å². The molecule has 0 unspecified atom stereocenters. The summed E-state index contributed by atoms with van der Waals surface area (Å²) in [7, 11) is 0. The zero-order chi connectivity index (χ0) is 11.8. The van der Waals surface area contributed by atoms with Crippen LogP contribution in [0.5, 0.6) is 0 Å². The molecule has 4 nitrogen and oxygen atoms in total. The quantitative estimate of drug-likeness (QED) is 0.765. The minimum Gasteiger partial charge on any atom is -1.00 e. The SMILES string of the molecule is O=C(O)c1ncc(-c2ccccc2C2CC2)o1.[H-].[Li+]. The molecule has 1 heterocycles. The van der Waals surface area contributed by atoms with Crippen LogP contribution in [-0.4, -0.2) is 16.1 Å². The Kier molecular flexibility index (Phi) is 3.60. The molecule has 1 aromatic carbocycles. The van der Waals surface area contributed by atoms with Gasteiger partial charge in [-0.25, -0.2) is 9.78 Å². The van der Waals surface area contributed by atoms with Crippen LogP contribution >= 0.6 is 0 Å². The van der Waals surface area contributed by atoms with Crippen LogP contribution in [0, 0.1) is 0 Å². The van der Waals surface area contributed by atoms with Crippen molar-refractivity contribution in [3.63, 3.8) is 0 Å². The van der Waals surface area contributed by atoms with Gasteiger partial charge in [-0.1, -0.05) is 24.3 Å². The Morgan fingerprint density at radius 3 is 2.72 bits per heavy atom. The van der Waals surface area contributed by atoms with Crippen molar-refractivity contribution in [2.75, 3.05) is 0 Å². The van der Waals surface area contributed by atoms with Crippen molar-refractivity contribution in [2.45, 2.75) is 18.8 Å². The van der Waals surface area contributed by atoms with E-state index in [1.165, 1.54) is 24.6 Å². The number of rotatable bonds is 3. The van der Waals surface area contributed by atoms with Crippen molar-refractivity contribution in [3.8, 4) is 11.3 Å². The third kappa shape index (κ3) is 2.35. The van der Waals surface area contributed by atoms with Gasteiger partial charge in [0.1, 0.15) is 0 Å². The van der Waals surface area contributed by atoms with Gasteiger partial charge in [-0.3, -0.25) is 0 Å². The van der Waals surface area contributed by atoms with E-state index in [0.717, 1.165) is 5.56 Å². The van der Waals surface area contributed by atoms with Crippen LogP contribution in [-0.2, 0) is 0 Å². The second-order valence-corrected chi connectivity index (χ2v) is 4.20. The smallest absolute Gasteiger partial charge is 1.00 e. The van der Waals surface area contributed by atoms with E-state index in [4.69, 9.17) is 9.52 Å². The number of nitrogens with zero attached hydrogens (tertiary/aromatic N) is 1. The van der Waals surface area contributed by atoms with Gasteiger partial charge in [0, 0.05) is 5.56 Å². The number of aromatic carboxylic acids is 1. The van der Waals surface area contributed by atoms with Crippen LogP contribution in [0.1, 0.15) is 36.4 Å². The predicted octanol–water partition coefficient (Wildman–Crippen LogP) is 0.0337. The summed E-state index contributed by atoms with van der Waals surface area (Å²) < 4.78 is 5.24. The summed E-state index contributed by atoms with van der Waals surface area (Å²) >= 11 is 0. The van der Waals surface area contributed by atoms with Crippen LogP contribution in [0.15, 0.2) is 34.9 Å². The Labute approximate surface area is 118 Å². The van der Waals surface area contributed by atoms with Crippen LogP contribution in [0.4, 0.5) is 0 Å². The van der Waals surface area contributed by atoms with E-state index in [1.54, 1.807) is 0 Å². The normalized spacial score (nSPS) is 14.0. The Bertz CT molecular complexity index is 581. The van der Waals surface area contributed by atoms with Gasteiger partial charge < -0.3 is 11.0 Å². The number of aromatic nitrogens is 1. The molecule has 5 heteroatoms. The van der Waals surface area contributed by atoms with Crippen molar-refractivity contribution < 1.29 is 34.6 Å². The number of carboxylic acids is 1. The Morgan fingerprint density at radius 1 is 1.39 bits per heavy atom. The molecule has 1 aromatic heterocycles. The first-order valence-corrected chi connectivity index (χ1v) is 5.54. The summed E-state index contributed by atoms with van der Waals surface area (Å²) in [5, 5.41) is 8.78. The van der Waals surface area contributed by atoms with Crippen molar-refractivity contribution in [3.05, 3.63) is 41.9 Å². The zero-order valence-corrected chi connectivity index (χ0v) is 10.1. The molecular weight excluding hydrogens is 225 g/mol.